The molecule has 0 radical (unpaired) electrons. The van der Waals surface area contributed by atoms with E-state index in [9.17, 15) is 13.2 Å². The molecular formula is C13H12ClNO4S2. The number of esters is 1. The van der Waals surface area contributed by atoms with Crippen LogP contribution in [0.4, 0.5) is 5.69 Å². The van der Waals surface area contributed by atoms with E-state index in [-0.39, 0.29) is 15.5 Å². The number of carbonyl (C=O) groups excluding carboxylic acids is 1. The van der Waals surface area contributed by atoms with Crippen molar-refractivity contribution < 1.29 is 17.9 Å². The number of sulfonamides is 1. The van der Waals surface area contributed by atoms with Gasteiger partial charge in [0.1, 0.15) is 4.21 Å². The Balaban J connectivity index is 2.50. The van der Waals surface area contributed by atoms with Crippen molar-refractivity contribution in [3.63, 3.8) is 0 Å². The van der Waals surface area contributed by atoms with Crippen LogP contribution in [0.3, 0.4) is 0 Å². The van der Waals surface area contributed by atoms with Crippen LogP contribution in [0.5, 0.6) is 0 Å². The smallest absolute Gasteiger partial charge is 0.340 e. The molecule has 0 spiro atoms. The molecule has 0 aliphatic rings. The number of nitrogens with zero attached hydrogens (tertiary/aromatic N) is 1. The van der Waals surface area contributed by atoms with E-state index in [4.69, 9.17) is 11.6 Å². The van der Waals surface area contributed by atoms with E-state index in [0.29, 0.717) is 4.34 Å². The van der Waals surface area contributed by atoms with Gasteiger partial charge in [0.25, 0.3) is 10.0 Å². The maximum Gasteiger partial charge on any atom is 0.340 e. The van der Waals surface area contributed by atoms with Crippen molar-refractivity contribution in [2.75, 3.05) is 18.5 Å². The second kappa shape index (κ2) is 6.05. The number of benzene rings is 1. The van der Waals surface area contributed by atoms with E-state index in [2.05, 4.69) is 4.74 Å². The number of hydrogen-bond donors (Lipinski definition) is 0. The summed E-state index contributed by atoms with van der Waals surface area (Å²) in [6.45, 7) is 0. The van der Waals surface area contributed by atoms with Gasteiger partial charge in [-0.3, -0.25) is 4.31 Å². The second-order valence-electron chi connectivity index (χ2n) is 4.04. The molecule has 2 aromatic rings. The summed E-state index contributed by atoms with van der Waals surface area (Å²) in [5.74, 6) is -0.600. The summed E-state index contributed by atoms with van der Waals surface area (Å²) in [5, 5.41) is 0. The third-order valence-corrected chi connectivity index (χ3v) is 6.28. The minimum absolute atomic E-state index is 0.106. The van der Waals surface area contributed by atoms with Gasteiger partial charge in [0, 0.05) is 7.05 Å². The van der Waals surface area contributed by atoms with Crippen LogP contribution in [0.25, 0.3) is 0 Å². The van der Waals surface area contributed by atoms with Crippen LogP contribution in [-0.4, -0.2) is 28.5 Å². The van der Waals surface area contributed by atoms with Gasteiger partial charge in [-0.05, 0) is 24.3 Å². The van der Waals surface area contributed by atoms with Crippen molar-refractivity contribution in [1.82, 2.24) is 0 Å². The Morgan fingerprint density at radius 3 is 2.48 bits per heavy atom. The molecule has 0 saturated heterocycles. The highest BCUT2D eigenvalue weighted by molar-refractivity contribution is 7.94. The third kappa shape index (κ3) is 3.04. The molecule has 0 saturated carbocycles. The van der Waals surface area contributed by atoms with Crippen molar-refractivity contribution in [2.24, 2.45) is 0 Å². The van der Waals surface area contributed by atoms with Gasteiger partial charge in [-0.25, -0.2) is 13.2 Å². The van der Waals surface area contributed by atoms with E-state index in [1.165, 1.54) is 32.4 Å². The van der Waals surface area contributed by atoms with Crippen LogP contribution in [0, 0.1) is 0 Å². The zero-order chi connectivity index (χ0) is 15.6. The van der Waals surface area contributed by atoms with Crippen molar-refractivity contribution in [1.29, 1.82) is 0 Å². The lowest BCUT2D eigenvalue weighted by Gasteiger charge is -2.20. The minimum Gasteiger partial charge on any atom is -0.465 e. The van der Waals surface area contributed by atoms with Crippen molar-refractivity contribution in [2.45, 2.75) is 4.21 Å². The van der Waals surface area contributed by atoms with Crippen LogP contribution < -0.4 is 4.31 Å². The molecule has 0 bridgehead atoms. The molecule has 2 rings (SSSR count). The molecule has 1 aromatic carbocycles. The molecule has 112 valence electrons. The Hall–Kier alpha value is -1.57. The molecule has 0 fully saturated rings. The van der Waals surface area contributed by atoms with Crippen LogP contribution in [0.1, 0.15) is 10.4 Å². The number of ether oxygens (including phenoxy) is 1. The average Bonchev–Trinajstić information content (AvgIpc) is 2.93. The average molecular weight is 346 g/mol. The lowest BCUT2D eigenvalue weighted by molar-refractivity contribution is 0.0601. The molecule has 0 aliphatic heterocycles. The molecule has 1 heterocycles. The summed E-state index contributed by atoms with van der Waals surface area (Å²) in [4.78, 5) is 11.7. The van der Waals surface area contributed by atoms with Gasteiger partial charge in [0.15, 0.2) is 0 Å². The summed E-state index contributed by atoms with van der Waals surface area (Å²) in [5.41, 5.74) is 0.419. The standard InChI is InChI=1S/C13H12ClNO4S2/c1-15(21(17,18)12-8-7-11(14)20-12)10-6-4-3-5-9(10)13(16)19-2/h3-8H,1-2H3. The molecule has 5 nitrogen and oxygen atoms in total. The fraction of sp³-hybridized carbons (Fsp3) is 0.154. The van der Waals surface area contributed by atoms with Gasteiger partial charge in [-0.2, -0.15) is 0 Å². The van der Waals surface area contributed by atoms with Crippen LogP contribution in [0.2, 0.25) is 4.34 Å². The van der Waals surface area contributed by atoms with Crippen molar-refractivity contribution >= 4 is 44.6 Å². The van der Waals surface area contributed by atoms with Gasteiger partial charge in [0.05, 0.1) is 22.7 Å². The molecule has 0 atom stereocenters. The molecular weight excluding hydrogens is 334 g/mol. The van der Waals surface area contributed by atoms with E-state index >= 15 is 0 Å². The maximum absolute atomic E-state index is 12.5. The molecule has 8 heteroatoms. The minimum atomic E-state index is -3.78. The first-order chi connectivity index (χ1) is 9.87. The Kier molecular flexibility index (Phi) is 4.55. The Morgan fingerprint density at radius 2 is 1.90 bits per heavy atom. The number of halogens is 1. The zero-order valence-corrected chi connectivity index (χ0v) is 13.6. The van der Waals surface area contributed by atoms with Gasteiger partial charge < -0.3 is 4.74 Å². The molecule has 21 heavy (non-hydrogen) atoms. The number of carbonyl (C=O) groups is 1. The summed E-state index contributed by atoms with van der Waals surface area (Å²) in [7, 11) is -1.15. The summed E-state index contributed by atoms with van der Waals surface area (Å²) >= 11 is 6.74. The van der Waals surface area contributed by atoms with Crippen LogP contribution in [0.15, 0.2) is 40.6 Å². The van der Waals surface area contributed by atoms with Crippen molar-refractivity contribution in [3.05, 3.63) is 46.3 Å². The van der Waals surface area contributed by atoms with Gasteiger partial charge >= 0.3 is 5.97 Å². The Morgan fingerprint density at radius 1 is 1.24 bits per heavy atom. The van der Waals surface area contributed by atoms with E-state index in [0.717, 1.165) is 15.6 Å². The summed E-state index contributed by atoms with van der Waals surface area (Å²) in [6.07, 6.45) is 0. The molecule has 1 aromatic heterocycles. The second-order valence-corrected chi connectivity index (χ2v) is 7.95. The largest absolute Gasteiger partial charge is 0.465 e. The molecule has 0 unspecified atom stereocenters. The first-order valence-corrected chi connectivity index (χ1v) is 8.43. The predicted molar refractivity (Wildman–Crippen MR) is 82.7 cm³/mol. The quantitative estimate of drug-likeness (QED) is 0.799. The normalized spacial score (nSPS) is 11.2. The SMILES string of the molecule is COC(=O)c1ccccc1N(C)S(=O)(=O)c1ccc(Cl)s1. The lowest BCUT2D eigenvalue weighted by atomic mass is 10.2. The summed E-state index contributed by atoms with van der Waals surface area (Å²) < 4.78 is 31.3. The highest BCUT2D eigenvalue weighted by Crippen LogP contribution is 2.31. The van der Waals surface area contributed by atoms with Crippen LogP contribution >= 0.6 is 22.9 Å². The van der Waals surface area contributed by atoms with Crippen molar-refractivity contribution in [3.8, 4) is 0 Å². The first-order valence-electron chi connectivity index (χ1n) is 5.79. The topological polar surface area (TPSA) is 63.7 Å². The monoisotopic (exact) mass is 345 g/mol. The first kappa shape index (κ1) is 15.8. The highest BCUT2D eigenvalue weighted by atomic mass is 35.5. The fourth-order valence-corrected chi connectivity index (χ4v) is 4.60. The number of para-hydroxylation sites is 1. The van der Waals surface area contributed by atoms with Gasteiger partial charge in [-0.1, -0.05) is 23.7 Å². The van der Waals surface area contributed by atoms with Gasteiger partial charge in [-0.15, -0.1) is 11.3 Å². The Labute approximate surface area is 131 Å². The van der Waals surface area contributed by atoms with Gasteiger partial charge in [0.2, 0.25) is 0 Å². The van der Waals surface area contributed by atoms with Crippen LogP contribution in [-0.2, 0) is 14.8 Å². The van der Waals surface area contributed by atoms with E-state index < -0.39 is 16.0 Å². The number of thiophene rings is 1. The molecule has 0 amide bonds. The number of rotatable bonds is 4. The molecule has 0 N–H and O–H groups in total. The maximum atomic E-state index is 12.5. The zero-order valence-electron chi connectivity index (χ0n) is 11.2. The predicted octanol–water partition coefficient (Wildman–Crippen LogP) is 3.01. The molecule has 0 aliphatic carbocycles. The summed E-state index contributed by atoms with van der Waals surface area (Å²) in [6, 6.07) is 9.28. The van der Waals surface area contributed by atoms with E-state index in [1.807, 2.05) is 0 Å². The number of anilines is 1. The number of methoxy groups -OCH3 is 1. The Bertz CT molecular complexity index is 770. The van der Waals surface area contributed by atoms with E-state index in [1.54, 1.807) is 18.2 Å². The fourth-order valence-electron chi connectivity index (χ4n) is 1.73. The third-order valence-electron chi connectivity index (χ3n) is 2.81. The lowest BCUT2D eigenvalue weighted by Crippen LogP contribution is -2.27. The highest BCUT2D eigenvalue weighted by Gasteiger charge is 2.26. The number of hydrogen-bond acceptors (Lipinski definition) is 5.